The van der Waals surface area contributed by atoms with Crippen LogP contribution in [0.4, 0.5) is 4.39 Å². The largest absolute Gasteiger partial charge is 0.481 e. The first-order valence-electron chi connectivity index (χ1n) is 9.38. The van der Waals surface area contributed by atoms with Gasteiger partial charge in [-0.15, -0.1) is 0 Å². The normalized spacial score (nSPS) is 13.8. The molecule has 0 unspecified atom stereocenters. The third-order valence-corrected chi connectivity index (χ3v) is 4.54. The number of carbonyl (C=O) groups excluding carboxylic acids is 1. The zero-order valence-electron chi connectivity index (χ0n) is 16.7. The summed E-state index contributed by atoms with van der Waals surface area (Å²) in [6.07, 6.45) is 0.194. The summed E-state index contributed by atoms with van der Waals surface area (Å²) in [7, 11) is 0. The van der Waals surface area contributed by atoms with E-state index in [-0.39, 0.29) is 18.1 Å². The van der Waals surface area contributed by atoms with E-state index in [4.69, 9.17) is 5.11 Å². The number of hydrogen-bond acceptors (Lipinski definition) is 4. The zero-order valence-corrected chi connectivity index (χ0v) is 16.7. The van der Waals surface area contributed by atoms with Crippen LogP contribution in [0.3, 0.4) is 0 Å². The fourth-order valence-corrected chi connectivity index (χ4v) is 3.15. The number of ketones is 1. The standard InChI is InChI=1S/C22H26FNO5/c1-13(2)20-12-19(14(3)25)22(15-4-6-16(23)7-5-15)24(20)9-8-17(26)10-18(27)11-21(28)29/h4-9,12-13,17-18,26-27H,10-11H2,1-3H3,(H,28,29)/b9-8+/t17-,18-/m1/s1. The van der Waals surface area contributed by atoms with Gasteiger partial charge in [0.25, 0.3) is 0 Å². The SMILES string of the molecule is CC(=O)c1cc(C(C)C)n(/C=C/[C@@H](O)C[C@@H](O)CC(=O)O)c1-c1ccc(F)cc1. The van der Waals surface area contributed by atoms with Crippen LogP contribution in [-0.2, 0) is 4.79 Å². The number of rotatable bonds is 9. The first kappa shape index (κ1) is 22.5. The molecule has 0 radical (unpaired) electrons. The number of aliphatic hydroxyl groups excluding tert-OH is 2. The van der Waals surface area contributed by atoms with Crippen LogP contribution in [-0.4, -0.2) is 43.8 Å². The lowest BCUT2D eigenvalue weighted by Gasteiger charge is -2.14. The van der Waals surface area contributed by atoms with E-state index in [1.807, 2.05) is 13.8 Å². The molecule has 0 fully saturated rings. The highest BCUT2D eigenvalue weighted by Gasteiger charge is 2.20. The summed E-state index contributed by atoms with van der Waals surface area (Å²) in [6, 6.07) is 7.57. The van der Waals surface area contributed by atoms with Gasteiger partial charge in [-0.25, -0.2) is 4.39 Å². The number of Topliss-reactive ketones (excluding diaryl/α,β-unsaturated/α-hetero) is 1. The number of aliphatic hydroxyl groups is 2. The van der Waals surface area contributed by atoms with Gasteiger partial charge in [-0.2, -0.15) is 0 Å². The Balaban J connectivity index is 2.47. The van der Waals surface area contributed by atoms with Crippen LogP contribution >= 0.6 is 0 Å². The smallest absolute Gasteiger partial charge is 0.305 e. The van der Waals surface area contributed by atoms with Gasteiger partial charge in [0.1, 0.15) is 5.82 Å². The van der Waals surface area contributed by atoms with Crippen molar-refractivity contribution in [2.75, 3.05) is 0 Å². The van der Waals surface area contributed by atoms with Gasteiger partial charge in [0.2, 0.25) is 0 Å². The van der Waals surface area contributed by atoms with Crippen molar-refractivity contribution in [2.24, 2.45) is 0 Å². The minimum atomic E-state index is -1.18. The molecular formula is C22H26FNO5. The van der Waals surface area contributed by atoms with Crippen LogP contribution in [0.15, 0.2) is 36.4 Å². The number of aliphatic carboxylic acids is 1. The monoisotopic (exact) mass is 403 g/mol. The number of carboxylic acid groups (broad SMARTS) is 1. The maximum Gasteiger partial charge on any atom is 0.305 e. The molecule has 2 atom stereocenters. The Kier molecular flexibility index (Phi) is 7.47. The van der Waals surface area contributed by atoms with E-state index in [1.165, 1.54) is 25.1 Å². The average Bonchev–Trinajstić information content (AvgIpc) is 3.00. The first-order chi connectivity index (χ1) is 13.6. The van der Waals surface area contributed by atoms with Crippen molar-refractivity contribution >= 4 is 18.0 Å². The molecule has 6 nitrogen and oxygen atoms in total. The van der Waals surface area contributed by atoms with E-state index in [0.717, 1.165) is 5.69 Å². The molecule has 3 N–H and O–H groups in total. The molecular weight excluding hydrogens is 377 g/mol. The maximum atomic E-state index is 13.4. The van der Waals surface area contributed by atoms with Gasteiger partial charge in [-0.3, -0.25) is 9.59 Å². The molecule has 1 heterocycles. The third-order valence-electron chi connectivity index (χ3n) is 4.54. The number of halogens is 1. The predicted molar refractivity (Wildman–Crippen MR) is 108 cm³/mol. The third kappa shape index (κ3) is 5.85. The highest BCUT2D eigenvalue weighted by atomic mass is 19.1. The summed E-state index contributed by atoms with van der Waals surface area (Å²) in [4.78, 5) is 22.9. The molecule has 2 aromatic rings. The average molecular weight is 403 g/mol. The Morgan fingerprint density at radius 1 is 1.17 bits per heavy atom. The van der Waals surface area contributed by atoms with E-state index in [9.17, 15) is 24.2 Å². The second-order valence-electron chi connectivity index (χ2n) is 7.32. The summed E-state index contributed by atoms with van der Waals surface area (Å²) in [5, 5.41) is 28.6. The topological polar surface area (TPSA) is 99.8 Å². The summed E-state index contributed by atoms with van der Waals surface area (Å²) in [6.45, 7) is 5.38. The van der Waals surface area contributed by atoms with Crippen LogP contribution in [0.1, 0.15) is 55.6 Å². The lowest BCUT2D eigenvalue weighted by Crippen LogP contribution is -2.19. The van der Waals surface area contributed by atoms with Crippen LogP contribution in [0.25, 0.3) is 17.5 Å². The number of aromatic nitrogens is 1. The molecule has 0 saturated heterocycles. The van der Waals surface area contributed by atoms with Gasteiger partial charge < -0.3 is 19.9 Å². The molecule has 2 rings (SSSR count). The van der Waals surface area contributed by atoms with Crippen LogP contribution < -0.4 is 0 Å². The number of hydrogen-bond donors (Lipinski definition) is 3. The lowest BCUT2D eigenvalue weighted by atomic mass is 10.0. The molecule has 0 aliphatic carbocycles. The van der Waals surface area contributed by atoms with Gasteiger partial charge in [0.15, 0.2) is 5.78 Å². The number of carboxylic acids is 1. The van der Waals surface area contributed by atoms with Crippen molar-refractivity contribution in [2.45, 2.75) is 51.7 Å². The lowest BCUT2D eigenvalue weighted by molar-refractivity contribution is -0.139. The van der Waals surface area contributed by atoms with Crippen LogP contribution in [0, 0.1) is 5.82 Å². The maximum absolute atomic E-state index is 13.4. The molecule has 0 spiro atoms. The summed E-state index contributed by atoms with van der Waals surface area (Å²) < 4.78 is 15.1. The van der Waals surface area contributed by atoms with Gasteiger partial charge in [-0.05, 0) is 54.8 Å². The van der Waals surface area contributed by atoms with Gasteiger partial charge in [-0.1, -0.05) is 13.8 Å². The summed E-state index contributed by atoms with van der Waals surface area (Å²) in [5.41, 5.74) is 2.53. The zero-order chi connectivity index (χ0) is 21.7. The van der Waals surface area contributed by atoms with Crippen molar-refractivity contribution in [3.05, 3.63) is 53.5 Å². The molecule has 0 bridgehead atoms. The second-order valence-corrected chi connectivity index (χ2v) is 7.32. The van der Waals surface area contributed by atoms with Gasteiger partial charge >= 0.3 is 5.97 Å². The molecule has 156 valence electrons. The molecule has 0 saturated carbocycles. The highest BCUT2D eigenvalue weighted by Crippen LogP contribution is 2.32. The Morgan fingerprint density at radius 2 is 1.79 bits per heavy atom. The van der Waals surface area contributed by atoms with E-state index >= 15 is 0 Å². The second kappa shape index (κ2) is 9.62. The van der Waals surface area contributed by atoms with Crippen molar-refractivity contribution in [1.29, 1.82) is 0 Å². The number of nitrogens with zero attached hydrogens (tertiary/aromatic N) is 1. The predicted octanol–water partition coefficient (Wildman–Crippen LogP) is 3.68. The Labute approximate surface area is 168 Å². The number of carbonyl (C=O) groups is 2. The Bertz CT molecular complexity index is 899. The Hall–Kier alpha value is -2.77. The molecule has 0 aliphatic rings. The molecule has 0 amide bonds. The highest BCUT2D eigenvalue weighted by molar-refractivity contribution is 6.01. The van der Waals surface area contributed by atoms with Gasteiger partial charge in [0, 0.05) is 23.9 Å². The molecule has 0 aliphatic heterocycles. The summed E-state index contributed by atoms with van der Waals surface area (Å²) >= 11 is 0. The van der Waals surface area contributed by atoms with Crippen molar-refractivity contribution in [3.8, 4) is 11.3 Å². The van der Waals surface area contributed by atoms with Crippen molar-refractivity contribution < 1.29 is 29.3 Å². The minimum absolute atomic E-state index is 0.0571. The number of benzene rings is 1. The van der Waals surface area contributed by atoms with Gasteiger partial charge in [0.05, 0.1) is 24.3 Å². The molecule has 29 heavy (non-hydrogen) atoms. The quantitative estimate of drug-likeness (QED) is 0.555. The fraction of sp³-hybridized carbons (Fsp3) is 0.364. The van der Waals surface area contributed by atoms with Crippen molar-refractivity contribution in [1.82, 2.24) is 4.57 Å². The minimum Gasteiger partial charge on any atom is -0.481 e. The van der Waals surface area contributed by atoms with E-state index < -0.39 is 30.4 Å². The van der Waals surface area contributed by atoms with E-state index in [0.29, 0.717) is 16.8 Å². The molecule has 1 aromatic carbocycles. The molecule has 7 heteroatoms. The fourth-order valence-electron chi connectivity index (χ4n) is 3.15. The Morgan fingerprint density at radius 3 is 2.31 bits per heavy atom. The summed E-state index contributed by atoms with van der Waals surface area (Å²) in [5.74, 6) is -1.62. The first-order valence-corrected chi connectivity index (χ1v) is 9.38. The van der Waals surface area contributed by atoms with Crippen molar-refractivity contribution in [3.63, 3.8) is 0 Å². The van der Waals surface area contributed by atoms with Crippen LogP contribution in [0.2, 0.25) is 0 Å². The van der Waals surface area contributed by atoms with E-state index in [1.54, 1.807) is 29.0 Å². The molecule has 1 aromatic heterocycles. The van der Waals surface area contributed by atoms with Crippen LogP contribution in [0.5, 0.6) is 0 Å². The van der Waals surface area contributed by atoms with E-state index in [2.05, 4.69) is 0 Å².